The maximum Gasteiger partial charge on any atom is 0.416 e. The molecule has 2 aromatic rings. The molecule has 0 saturated heterocycles. The normalized spacial score (nSPS) is 11.5. The Morgan fingerprint density at radius 1 is 1.29 bits per heavy atom. The van der Waals surface area contributed by atoms with Crippen LogP contribution < -0.4 is 0 Å². The van der Waals surface area contributed by atoms with E-state index in [-0.39, 0.29) is 11.6 Å². The first-order valence-electron chi connectivity index (χ1n) is 6.15. The molecule has 1 aromatic heterocycles. The molecule has 0 unspecified atom stereocenters. The fraction of sp³-hybridized carbons (Fsp3) is 0.286. The van der Waals surface area contributed by atoms with Crippen molar-refractivity contribution in [1.82, 2.24) is 14.7 Å². The van der Waals surface area contributed by atoms with E-state index in [2.05, 4.69) is 5.10 Å². The first kappa shape index (κ1) is 15.1. The van der Waals surface area contributed by atoms with Crippen molar-refractivity contribution < 1.29 is 18.0 Å². The highest BCUT2D eigenvalue weighted by molar-refractivity contribution is 5.94. The number of amides is 1. The van der Waals surface area contributed by atoms with Gasteiger partial charge < -0.3 is 4.90 Å². The monoisotopic (exact) mass is 297 g/mol. The van der Waals surface area contributed by atoms with Crippen molar-refractivity contribution in [1.29, 1.82) is 0 Å². The number of hydrogen-bond donors (Lipinski definition) is 0. The molecule has 1 aromatic carbocycles. The number of nitrogens with zero attached hydrogens (tertiary/aromatic N) is 3. The quantitative estimate of drug-likeness (QED) is 0.855. The number of halogens is 3. The number of aromatic nitrogens is 2. The van der Waals surface area contributed by atoms with Gasteiger partial charge in [-0.05, 0) is 25.1 Å². The summed E-state index contributed by atoms with van der Waals surface area (Å²) in [6.45, 7) is 1.64. The summed E-state index contributed by atoms with van der Waals surface area (Å²) in [5.74, 6) is -0.245. The average molecular weight is 297 g/mol. The van der Waals surface area contributed by atoms with Gasteiger partial charge in [0, 0.05) is 14.1 Å². The first-order valence-corrected chi connectivity index (χ1v) is 6.15. The van der Waals surface area contributed by atoms with E-state index < -0.39 is 11.7 Å². The molecule has 0 fully saturated rings. The predicted octanol–water partition coefficient (Wildman–Crippen LogP) is 2.90. The second-order valence-corrected chi connectivity index (χ2v) is 4.80. The fourth-order valence-corrected chi connectivity index (χ4v) is 1.93. The first-order chi connectivity index (χ1) is 9.71. The molecule has 112 valence electrons. The van der Waals surface area contributed by atoms with Crippen LogP contribution in [0.5, 0.6) is 0 Å². The van der Waals surface area contributed by atoms with Crippen molar-refractivity contribution in [2.75, 3.05) is 14.1 Å². The molecule has 0 radical (unpaired) electrons. The molecular formula is C14H14F3N3O. The van der Waals surface area contributed by atoms with Gasteiger partial charge in [0.25, 0.3) is 5.91 Å². The summed E-state index contributed by atoms with van der Waals surface area (Å²) in [5, 5.41) is 4.01. The van der Waals surface area contributed by atoms with Crippen LogP contribution in [0.4, 0.5) is 13.2 Å². The standard InChI is InChI=1S/C14H14F3N3O/c1-9-12(13(21)19(2)3)8-18-20(9)11-6-4-5-10(7-11)14(15,16)17/h4-8H,1-3H3. The van der Waals surface area contributed by atoms with Gasteiger partial charge in [0.05, 0.1) is 28.7 Å². The third-order valence-corrected chi connectivity index (χ3v) is 3.06. The highest BCUT2D eigenvalue weighted by Gasteiger charge is 2.30. The molecule has 7 heteroatoms. The second kappa shape index (κ2) is 5.23. The van der Waals surface area contributed by atoms with Crippen molar-refractivity contribution >= 4 is 5.91 Å². The topological polar surface area (TPSA) is 38.1 Å². The van der Waals surface area contributed by atoms with Crippen LogP contribution in [-0.2, 0) is 6.18 Å². The third kappa shape index (κ3) is 2.91. The predicted molar refractivity (Wildman–Crippen MR) is 71.3 cm³/mol. The van der Waals surface area contributed by atoms with Crippen LogP contribution in [0.2, 0.25) is 0 Å². The SMILES string of the molecule is Cc1c(C(=O)N(C)C)cnn1-c1cccc(C(F)(F)F)c1. The van der Waals surface area contributed by atoms with Gasteiger partial charge in [-0.15, -0.1) is 0 Å². The summed E-state index contributed by atoms with van der Waals surface area (Å²) in [6.07, 6.45) is -3.06. The zero-order valence-electron chi connectivity index (χ0n) is 11.8. The van der Waals surface area contributed by atoms with Crippen LogP contribution in [0.25, 0.3) is 5.69 Å². The van der Waals surface area contributed by atoms with Gasteiger partial charge in [0.1, 0.15) is 0 Å². The summed E-state index contributed by atoms with van der Waals surface area (Å²) in [6, 6.07) is 4.82. The summed E-state index contributed by atoms with van der Waals surface area (Å²) >= 11 is 0. The number of alkyl halides is 3. The van der Waals surface area contributed by atoms with Crippen molar-refractivity contribution in [3.63, 3.8) is 0 Å². The lowest BCUT2D eigenvalue weighted by atomic mass is 10.2. The van der Waals surface area contributed by atoms with Crippen LogP contribution in [-0.4, -0.2) is 34.7 Å². The number of rotatable bonds is 2. The van der Waals surface area contributed by atoms with Crippen LogP contribution in [0.3, 0.4) is 0 Å². The van der Waals surface area contributed by atoms with Crippen molar-refractivity contribution in [3.8, 4) is 5.69 Å². The van der Waals surface area contributed by atoms with E-state index in [0.717, 1.165) is 12.1 Å². The number of carbonyl (C=O) groups is 1. The van der Waals surface area contributed by atoms with Crippen molar-refractivity contribution in [2.45, 2.75) is 13.1 Å². The Hall–Kier alpha value is -2.31. The Kier molecular flexibility index (Phi) is 3.76. The Morgan fingerprint density at radius 3 is 2.52 bits per heavy atom. The minimum absolute atomic E-state index is 0.245. The van der Waals surface area contributed by atoms with E-state index in [9.17, 15) is 18.0 Å². The molecule has 0 atom stereocenters. The lowest BCUT2D eigenvalue weighted by Crippen LogP contribution is -2.22. The average Bonchev–Trinajstić information content (AvgIpc) is 2.78. The summed E-state index contributed by atoms with van der Waals surface area (Å²) in [5.41, 5.74) is 0.362. The summed E-state index contributed by atoms with van der Waals surface area (Å²) in [4.78, 5) is 13.3. The molecule has 21 heavy (non-hydrogen) atoms. The number of hydrogen-bond acceptors (Lipinski definition) is 2. The summed E-state index contributed by atoms with van der Waals surface area (Å²) < 4.78 is 39.5. The van der Waals surface area contributed by atoms with Gasteiger partial charge in [-0.25, -0.2) is 4.68 Å². The number of carbonyl (C=O) groups excluding carboxylic acids is 1. The molecule has 2 rings (SSSR count). The molecule has 0 bridgehead atoms. The lowest BCUT2D eigenvalue weighted by Gasteiger charge is -2.11. The third-order valence-electron chi connectivity index (χ3n) is 3.06. The highest BCUT2D eigenvalue weighted by atomic mass is 19.4. The molecule has 0 aliphatic carbocycles. The van der Waals surface area contributed by atoms with Crippen LogP contribution in [0, 0.1) is 6.92 Å². The second-order valence-electron chi connectivity index (χ2n) is 4.80. The molecule has 0 N–H and O–H groups in total. The Morgan fingerprint density at radius 2 is 1.95 bits per heavy atom. The summed E-state index contributed by atoms with van der Waals surface area (Å²) in [7, 11) is 3.20. The van der Waals surface area contributed by atoms with E-state index in [1.807, 2.05) is 0 Å². The van der Waals surface area contributed by atoms with Crippen LogP contribution in [0.1, 0.15) is 21.6 Å². The molecule has 1 heterocycles. The smallest absolute Gasteiger partial charge is 0.345 e. The van der Waals surface area contributed by atoms with E-state index >= 15 is 0 Å². The van der Waals surface area contributed by atoms with Gasteiger partial charge in [-0.3, -0.25) is 4.79 Å². The van der Waals surface area contributed by atoms with Gasteiger partial charge in [0.2, 0.25) is 0 Å². The Labute approximate surface area is 119 Å². The largest absolute Gasteiger partial charge is 0.416 e. The van der Waals surface area contributed by atoms with E-state index in [4.69, 9.17) is 0 Å². The van der Waals surface area contributed by atoms with Gasteiger partial charge in [-0.1, -0.05) is 6.07 Å². The van der Waals surface area contributed by atoms with Crippen molar-refractivity contribution in [3.05, 3.63) is 47.3 Å². The Bertz CT molecular complexity index is 674. The van der Waals surface area contributed by atoms with Gasteiger partial charge >= 0.3 is 6.18 Å². The molecule has 1 amide bonds. The Balaban J connectivity index is 2.47. The molecule has 4 nitrogen and oxygen atoms in total. The molecule has 0 aliphatic heterocycles. The van der Waals surface area contributed by atoms with Gasteiger partial charge in [0.15, 0.2) is 0 Å². The van der Waals surface area contributed by atoms with E-state index in [1.165, 1.54) is 27.9 Å². The zero-order chi connectivity index (χ0) is 15.8. The maximum atomic E-state index is 12.7. The van der Waals surface area contributed by atoms with Crippen LogP contribution >= 0.6 is 0 Å². The van der Waals surface area contributed by atoms with E-state index in [0.29, 0.717) is 11.3 Å². The zero-order valence-corrected chi connectivity index (χ0v) is 11.8. The molecule has 0 spiro atoms. The molecule has 0 saturated carbocycles. The minimum atomic E-state index is -4.42. The van der Waals surface area contributed by atoms with Crippen molar-refractivity contribution in [2.24, 2.45) is 0 Å². The highest BCUT2D eigenvalue weighted by Crippen LogP contribution is 2.30. The fourth-order valence-electron chi connectivity index (χ4n) is 1.93. The number of benzene rings is 1. The maximum absolute atomic E-state index is 12.7. The van der Waals surface area contributed by atoms with Crippen LogP contribution in [0.15, 0.2) is 30.5 Å². The molecular weight excluding hydrogens is 283 g/mol. The van der Waals surface area contributed by atoms with Gasteiger partial charge in [-0.2, -0.15) is 18.3 Å². The molecule has 0 aliphatic rings. The van der Waals surface area contributed by atoms with E-state index in [1.54, 1.807) is 21.0 Å². The minimum Gasteiger partial charge on any atom is -0.345 e. The lowest BCUT2D eigenvalue weighted by molar-refractivity contribution is -0.137.